The summed E-state index contributed by atoms with van der Waals surface area (Å²) in [7, 11) is 3.25. The molecule has 4 heteroatoms. The fourth-order valence-electron chi connectivity index (χ4n) is 1.47. The third-order valence-electron chi connectivity index (χ3n) is 2.75. The summed E-state index contributed by atoms with van der Waals surface area (Å²) in [5.74, 6) is 1.47. The van der Waals surface area contributed by atoms with E-state index in [4.69, 9.17) is 9.47 Å². The molecule has 0 fully saturated rings. The smallest absolute Gasteiger partial charge is 0.161 e. The number of methoxy groups -OCH3 is 2. The standard InChI is InChI=1S/C13H21NO3/c1-13(2,9-15)14-8-10-5-6-11(16-3)12(7-10)17-4/h5-7,14-15H,8-9H2,1-4H3/p+1. The van der Waals surface area contributed by atoms with Crippen LogP contribution in [0.15, 0.2) is 18.2 Å². The Morgan fingerprint density at radius 3 is 2.35 bits per heavy atom. The first-order chi connectivity index (χ1) is 8.02. The molecule has 3 N–H and O–H groups in total. The van der Waals surface area contributed by atoms with Crippen LogP contribution in [0.5, 0.6) is 11.5 Å². The van der Waals surface area contributed by atoms with Gasteiger partial charge in [-0.25, -0.2) is 0 Å². The molecule has 17 heavy (non-hydrogen) atoms. The highest BCUT2D eigenvalue weighted by Crippen LogP contribution is 2.27. The molecule has 0 unspecified atom stereocenters. The molecule has 0 aliphatic heterocycles. The summed E-state index contributed by atoms with van der Waals surface area (Å²) < 4.78 is 10.4. The molecule has 0 amide bonds. The van der Waals surface area contributed by atoms with E-state index in [-0.39, 0.29) is 12.1 Å². The molecule has 0 spiro atoms. The van der Waals surface area contributed by atoms with Crippen LogP contribution in [0.1, 0.15) is 19.4 Å². The first kappa shape index (κ1) is 13.8. The summed E-state index contributed by atoms with van der Waals surface area (Å²) >= 11 is 0. The van der Waals surface area contributed by atoms with Gasteiger partial charge < -0.3 is 19.9 Å². The maximum Gasteiger partial charge on any atom is 0.161 e. The Labute approximate surface area is 103 Å². The number of aliphatic hydroxyl groups excluding tert-OH is 1. The minimum atomic E-state index is -0.160. The van der Waals surface area contributed by atoms with Crippen molar-refractivity contribution >= 4 is 0 Å². The average molecular weight is 240 g/mol. The normalized spacial score (nSPS) is 11.4. The predicted octanol–water partition coefficient (Wildman–Crippen LogP) is 0.538. The average Bonchev–Trinajstić information content (AvgIpc) is 2.36. The Bertz CT molecular complexity index is 364. The lowest BCUT2D eigenvalue weighted by Gasteiger charge is -2.20. The van der Waals surface area contributed by atoms with Crippen molar-refractivity contribution in [2.45, 2.75) is 25.9 Å². The second-order valence-corrected chi connectivity index (χ2v) is 4.74. The zero-order chi connectivity index (χ0) is 12.9. The van der Waals surface area contributed by atoms with Crippen LogP contribution in [0, 0.1) is 0 Å². The molecule has 0 aliphatic carbocycles. The van der Waals surface area contributed by atoms with E-state index in [0.717, 1.165) is 23.6 Å². The molecule has 1 rings (SSSR count). The Kier molecular flexibility index (Phi) is 4.78. The first-order valence-electron chi connectivity index (χ1n) is 5.68. The lowest BCUT2D eigenvalue weighted by molar-refractivity contribution is -0.736. The van der Waals surface area contributed by atoms with Crippen LogP contribution in [0.2, 0.25) is 0 Å². The minimum Gasteiger partial charge on any atom is -0.493 e. The van der Waals surface area contributed by atoms with E-state index < -0.39 is 0 Å². The van der Waals surface area contributed by atoms with E-state index >= 15 is 0 Å². The van der Waals surface area contributed by atoms with Crippen LogP contribution in [-0.4, -0.2) is 31.5 Å². The number of quaternary nitrogens is 1. The van der Waals surface area contributed by atoms with Gasteiger partial charge in [0.2, 0.25) is 0 Å². The fraction of sp³-hybridized carbons (Fsp3) is 0.538. The molecule has 4 nitrogen and oxygen atoms in total. The molecule has 0 radical (unpaired) electrons. The molecule has 1 aromatic rings. The molecule has 0 aliphatic rings. The maximum atomic E-state index is 9.18. The molecular weight excluding hydrogens is 218 g/mol. The molecular formula is C13H22NO3+. The van der Waals surface area contributed by atoms with Gasteiger partial charge in [0.15, 0.2) is 11.5 Å². The minimum absolute atomic E-state index is 0.153. The molecule has 1 aromatic carbocycles. The SMILES string of the molecule is COc1ccc(C[NH2+]C(C)(C)CO)cc1OC. The number of hydrogen-bond acceptors (Lipinski definition) is 3. The molecule has 0 bridgehead atoms. The zero-order valence-corrected chi connectivity index (χ0v) is 11.0. The van der Waals surface area contributed by atoms with Gasteiger partial charge in [-0.15, -0.1) is 0 Å². The molecule has 0 aromatic heterocycles. The lowest BCUT2D eigenvalue weighted by Crippen LogP contribution is -2.95. The van der Waals surface area contributed by atoms with Gasteiger partial charge in [0, 0.05) is 5.56 Å². The lowest BCUT2D eigenvalue weighted by atomic mass is 10.1. The molecule has 0 atom stereocenters. The van der Waals surface area contributed by atoms with Crippen molar-refractivity contribution in [1.29, 1.82) is 0 Å². The Balaban J connectivity index is 2.73. The van der Waals surface area contributed by atoms with Crippen LogP contribution >= 0.6 is 0 Å². The van der Waals surface area contributed by atoms with Crippen LogP contribution in [0.4, 0.5) is 0 Å². The van der Waals surface area contributed by atoms with Gasteiger partial charge in [-0.2, -0.15) is 0 Å². The van der Waals surface area contributed by atoms with Crippen LogP contribution in [0.3, 0.4) is 0 Å². The van der Waals surface area contributed by atoms with Gasteiger partial charge >= 0.3 is 0 Å². The predicted molar refractivity (Wildman–Crippen MR) is 66.3 cm³/mol. The van der Waals surface area contributed by atoms with Crippen LogP contribution in [0.25, 0.3) is 0 Å². The molecule has 0 saturated carbocycles. The zero-order valence-electron chi connectivity index (χ0n) is 11.0. The van der Waals surface area contributed by atoms with E-state index in [9.17, 15) is 5.11 Å². The van der Waals surface area contributed by atoms with Gasteiger partial charge in [-0.3, -0.25) is 0 Å². The van der Waals surface area contributed by atoms with E-state index in [1.807, 2.05) is 32.0 Å². The van der Waals surface area contributed by atoms with Crippen LogP contribution in [-0.2, 0) is 6.54 Å². The molecule has 0 heterocycles. The summed E-state index contributed by atoms with van der Waals surface area (Å²) in [6.45, 7) is 4.97. The van der Waals surface area contributed by atoms with Crippen molar-refractivity contribution < 1.29 is 19.9 Å². The number of ether oxygens (including phenoxy) is 2. The van der Waals surface area contributed by atoms with Crippen molar-refractivity contribution in [3.63, 3.8) is 0 Å². The van der Waals surface area contributed by atoms with Crippen molar-refractivity contribution in [3.05, 3.63) is 23.8 Å². The largest absolute Gasteiger partial charge is 0.493 e. The number of hydrogen-bond donors (Lipinski definition) is 2. The highest BCUT2D eigenvalue weighted by atomic mass is 16.5. The van der Waals surface area contributed by atoms with Crippen molar-refractivity contribution in [2.24, 2.45) is 0 Å². The highest BCUT2D eigenvalue weighted by molar-refractivity contribution is 5.42. The van der Waals surface area contributed by atoms with Gasteiger partial charge in [-0.05, 0) is 32.0 Å². The van der Waals surface area contributed by atoms with Crippen molar-refractivity contribution in [1.82, 2.24) is 0 Å². The van der Waals surface area contributed by atoms with E-state index in [1.165, 1.54) is 0 Å². The van der Waals surface area contributed by atoms with E-state index in [0.29, 0.717) is 0 Å². The Morgan fingerprint density at radius 1 is 1.18 bits per heavy atom. The first-order valence-corrected chi connectivity index (χ1v) is 5.68. The van der Waals surface area contributed by atoms with Crippen molar-refractivity contribution in [3.8, 4) is 11.5 Å². The second kappa shape index (κ2) is 5.89. The highest BCUT2D eigenvalue weighted by Gasteiger charge is 2.19. The quantitative estimate of drug-likeness (QED) is 0.763. The fourth-order valence-corrected chi connectivity index (χ4v) is 1.47. The number of nitrogens with two attached hydrogens (primary N) is 1. The summed E-state index contributed by atoms with van der Waals surface area (Å²) in [5, 5.41) is 11.3. The molecule has 96 valence electrons. The monoisotopic (exact) mass is 240 g/mol. The van der Waals surface area contributed by atoms with Gasteiger partial charge in [0.05, 0.1) is 20.8 Å². The summed E-state index contributed by atoms with van der Waals surface area (Å²) in [4.78, 5) is 0. The Hall–Kier alpha value is -1.26. The third kappa shape index (κ3) is 3.91. The Morgan fingerprint density at radius 2 is 1.82 bits per heavy atom. The van der Waals surface area contributed by atoms with E-state index in [1.54, 1.807) is 14.2 Å². The molecule has 0 saturated heterocycles. The summed E-state index contributed by atoms with van der Waals surface area (Å²) in [5.41, 5.74) is 0.983. The summed E-state index contributed by atoms with van der Waals surface area (Å²) in [6, 6.07) is 5.86. The third-order valence-corrected chi connectivity index (χ3v) is 2.75. The number of aliphatic hydroxyl groups is 1. The van der Waals surface area contributed by atoms with Crippen LogP contribution < -0.4 is 14.8 Å². The van der Waals surface area contributed by atoms with E-state index in [2.05, 4.69) is 5.32 Å². The van der Waals surface area contributed by atoms with Gasteiger partial charge in [0.1, 0.15) is 12.1 Å². The number of benzene rings is 1. The second-order valence-electron chi connectivity index (χ2n) is 4.74. The summed E-state index contributed by atoms with van der Waals surface area (Å²) in [6.07, 6.45) is 0. The topological polar surface area (TPSA) is 55.3 Å². The van der Waals surface area contributed by atoms with Gasteiger partial charge in [0.25, 0.3) is 0 Å². The maximum absolute atomic E-state index is 9.18. The van der Waals surface area contributed by atoms with Gasteiger partial charge in [-0.1, -0.05) is 0 Å². The number of rotatable bonds is 6. The van der Waals surface area contributed by atoms with Crippen molar-refractivity contribution in [2.75, 3.05) is 20.8 Å².